The number of H-pyrrole nitrogens is 1. The molecule has 0 spiro atoms. The molecule has 0 radical (unpaired) electrons. The van der Waals surface area contributed by atoms with Crippen molar-refractivity contribution in [2.75, 3.05) is 0 Å². The number of nitrogens with one attached hydrogen (secondary N) is 1. The molecular weight excluding hydrogens is 289 g/mol. The van der Waals surface area contributed by atoms with E-state index in [0.717, 1.165) is 22.2 Å². The molecule has 0 amide bonds. The maximum Gasteiger partial charge on any atom is 0.0613 e. The summed E-state index contributed by atoms with van der Waals surface area (Å²) in [5.41, 5.74) is 2.86. The molecule has 2 aromatic carbocycles. The Morgan fingerprint density at radius 3 is 2.28 bits per heavy atom. The van der Waals surface area contributed by atoms with Gasteiger partial charge in [0, 0.05) is 27.2 Å². The molecule has 3 aromatic rings. The summed E-state index contributed by atoms with van der Waals surface area (Å²) in [6.07, 6.45) is 0. The summed E-state index contributed by atoms with van der Waals surface area (Å²) in [7, 11) is 0. The van der Waals surface area contributed by atoms with Gasteiger partial charge in [-0.15, -0.1) is 0 Å². The number of rotatable bonds is 1. The van der Waals surface area contributed by atoms with Crippen LogP contribution in [0.2, 0.25) is 15.1 Å². The summed E-state index contributed by atoms with van der Waals surface area (Å²) in [6.45, 7) is 0. The fraction of sp³-hybridized carbons (Fsp3) is 0. The molecule has 1 heterocycles. The SMILES string of the molecule is Clc1cc2cc(-c3ccccc3Cl)[nH]c2cc1Cl. The number of aromatic amines is 1. The van der Waals surface area contributed by atoms with Crippen molar-refractivity contribution in [3.63, 3.8) is 0 Å². The van der Waals surface area contributed by atoms with Crippen molar-refractivity contribution in [3.8, 4) is 11.3 Å². The van der Waals surface area contributed by atoms with Crippen molar-refractivity contribution < 1.29 is 0 Å². The maximum atomic E-state index is 6.18. The van der Waals surface area contributed by atoms with Gasteiger partial charge in [0.1, 0.15) is 0 Å². The fourth-order valence-electron chi connectivity index (χ4n) is 1.95. The minimum Gasteiger partial charge on any atom is -0.354 e. The molecule has 0 bridgehead atoms. The molecule has 0 aliphatic rings. The second-order valence-electron chi connectivity index (χ2n) is 4.02. The van der Waals surface area contributed by atoms with Crippen molar-refractivity contribution in [1.29, 1.82) is 0 Å². The maximum absolute atomic E-state index is 6.18. The van der Waals surface area contributed by atoms with Crippen molar-refractivity contribution >= 4 is 45.7 Å². The fourth-order valence-corrected chi connectivity index (χ4v) is 2.52. The number of aromatic nitrogens is 1. The number of halogens is 3. The van der Waals surface area contributed by atoms with E-state index in [0.29, 0.717) is 15.1 Å². The van der Waals surface area contributed by atoms with Crippen molar-refractivity contribution in [3.05, 3.63) is 57.5 Å². The zero-order valence-electron chi connectivity index (χ0n) is 9.18. The molecule has 3 rings (SSSR count). The van der Waals surface area contributed by atoms with Crippen LogP contribution in [0.25, 0.3) is 22.2 Å². The smallest absolute Gasteiger partial charge is 0.0613 e. The molecule has 1 nitrogen and oxygen atoms in total. The lowest BCUT2D eigenvalue weighted by Gasteiger charge is -1.99. The highest BCUT2D eigenvalue weighted by Crippen LogP contribution is 2.33. The van der Waals surface area contributed by atoms with E-state index in [2.05, 4.69) is 4.98 Å². The third kappa shape index (κ3) is 1.99. The predicted molar refractivity (Wildman–Crippen MR) is 78.8 cm³/mol. The third-order valence-corrected chi connectivity index (χ3v) is 3.88. The summed E-state index contributed by atoms with van der Waals surface area (Å²) in [4.78, 5) is 3.29. The van der Waals surface area contributed by atoms with E-state index in [-0.39, 0.29) is 0 Å². The molecule has 0 saturated carbocycles. The van der Waals surface area contributed by atoms with Gasteiger partial charge in [0.2, 0.25) is 0 Å². The first-order chi connectivity index (χ1) is 8.65. The standard InChI is InChI=1S/C14H8Cl3N/c15-10-4-2-1-3-9(10)14-6-8-5-11(16)12(17)7-13(8)18-14/h1-7,18H. The summed E-state index contributed by atoms with van der Waals surface area (Å²) < 4.78 is 0. The first-order valence-electron chi connectivity index (χ1n) is 5.38. The second-order valence-corrected chi connectivity index (χ2v) is 5.24. The van der Waals surface area contributed by atoms with Gasteiger partial charge < -0.3 is 4.98 Å². The van der Waals surface area contributed by atoms with Crippen LogP contribution in [-0.2, 0) is 0 Å². The lowest BCUT2D eigenvalue weighted by molar-refractivity contribution is 1.45. The van der Waals surface area contributed by atoms with Crippen molar-refractivity contribution in [1.82, 2.24) is 4.98 Å². The van der Waals surface area contributed by atoms with Crippen LogP contribution in [0.5, 0.6) is 0 Å². The van der Waals surface area contributed by atoms with Gasteiger partial charge in [-0.05, 0) is 24.3 Å². The van der Waals surface area contributed by atoms with Crippen LogP contribution < -0.4 is 0 Å². The Bertz CT molecular complexity index is 692. The van der Waals surface area contributed by atoms with Gasteiger partial charge in [0.15, 0.2) is 0 Å². The predicted octanol–water partition coefficient (Wildman–Crippen LogP) is 5.80. The van der Waals surface area contributed by atoms with Crippen LogP contribution in [0.15, 0.2) is 42.5 Å². The number of hydrogen-bond donors (Lipinski definition) is 1. The Morgan fingerprint density at radius 1 is 0.778 bits per heavy atom. The molecule has 0 aliphatic heterocycles. The van der Waals surface area contributed by atoms with E-state index in [1.54, 1.807) is 0 Å². The molecule has 1 N–H and O–H groups in total. The van der Waals surface area contributed by atoms with Gasteiger partial charge in [-0.3, -0.25) is 0 Å². The van der Waals surface area contributed by atoms with Crippen molar-refractivity contribution in [2.24, 2.45) is 0 Å². The van der Waals surface area contributed by atoms with Crippen molar-refractivity contribution in [2.45, 2.75) is 0 Å². The Balaban J connectivity index is 2.23. The second kappa shape index (κ2) is 4.51. The zero-order valence-corrected chi connectivity index (χ0v) is 11.4. The van der Waals surface area contributed by atoms with Crippen LogP contribution >= 0.6 is 34.8 Å². The van der Waals surface area contributed by atoms with E-state index in [4.69, 9.17) is 34.8 Å². The average molecular weight is 297 g/mol. The summed E-state index contributed by atoms with van der Waals surface area (Å²) >= 11 is 18.2. The molecule has 0 aliphatic carbocycles. The van der Waals surface area contributed by atoms with Crippen LogP contribution in [0.3, 0.4) is 0 Å². The Labute approximate surface area is 119 Å². The van der Waals surface area contributed by atoms with Gasteiger partial charge >= 0.3 is 0 Å². The highest BCUT2D eigenvalue weighted by Gasteiger charge is 2.08. The molecule has 90 valence electrons. The monoisotopic (exact) mass is 295 g/mol. The van der Waals surface area contributed by atoms with Gasteiger partial charge in [0.05, 0.1) is 10.0 Å². The van der Waals surface area contributed by atoms with E-state index in [1.807, 2.05) is 42.5 Å². The lowest BCUT2D eigenvalue weighted by atomic mass is 10.1. The minimum absolute atomic E-state index is 0.539. The van der Waals surface area contributed by atoms with Gasteiger partial charge in [-0.25, -0.2) is 0 Å². The topological polar surface area (TPSA) is 15.8 Å². The van der Waals surface area contributed by atoms with Crippen LogP contribution in [0.1, 0.15) is 0 Å². The Morgan fingerprint density at radius 2 is 1.50 bits per heavy atom. The molecule has 1 aromatic heterocycles. The summed E-state index contributed by atoms with van der Waals surface area (Å²) in [5.74, 6) is 0. The highest BCUT2D eigenvalue weighted by atomic mass is 35.5. The molecule has 0 unspecified atom stereocenters. The Hall–Kier alpha value is -1.15. The van der Waals surface area contributed by atoms with Crippen LogP contribution in [0, 0.1) is 0 Å². The third-order valence-electron chi connectivity index (χ3n) is 2.83. The largest absolute Gasteiger partial charge is 0.354 e. The summed E-state index contributed by atoms with van der Waals surface area (Å²) in [6, 6.07) is 13.4. The van der Waals surface area contributed by atoms with E-state index in [9.17, 15) is 0 Å². The molecule has 0 saturated heterocycles. The van der Waals surface area contributed by atoms with Gasteiger partial charge in [-0.1, -0.05) is 53.0 Å². The van der Waals surface area contributed by atoms with E-state index in [1.165, 1.54) is 0 Å². The number of benzene rings is 2. The minimum atomic E-state index is 0.539. The molecule has 4 heteroatoms. The highest BCUT2D eigenvalue weighted by molar-refractivity contribution is 6.42. The van der Waals surface area contributed by atoms with Gasteiger partial charge in [0.25, 0.3) is 0 Å². The first kappa shape index (κ1) is 11.9. The van der Waals surface area contributed by atoms with Gasteiger partial charge in [-0.2, -0.15) is 0 Å². The normalized spacial score (nSPS) is 11.1. The molecule has 18 heavy (non-hydrogen) atoms. The van der Waals surface area contributed by atoms with Crippen LogP contribution in [0.4, 0.5) is 0 Å². The average Bonchev–Trinajstić information content (AvgIpc) is 2.73. The molecular formula is C14H8Cl3N. The van der Waals surface area contributed by atoms with Crippen LogP contribution in [-0.4, -0.2) is 4.98 Å². The number of hydrogen-bond acceptors (Lipinski definition) is 0. The Kier molecular flexibility index (Phi) is 2.98. The molecule has 0 fully saturated rings. The number of fused-ring (bicyclic) bond motifs is 1. The van der Waals surface area contributed by atoms with E-state index >= 15 is 0 Å². The quantitative estimate of drug-likeness (QED) is 0.584. The first-order valence-corrected chi connectivity index (χ1v) is 6.51. The summed E-state index contributed by atoms with van der Waals surface area (Å²) in [5, 5.41) is 2.81. The molecule has 0 atom stereocenters. The lowest BCUT2D eigenvalue weighted by Crippen LogP contribution is -1.77. The zero-order chi connectivity index (χ0) is 12.7. The van der Waals surface area contributed by atoms with E-state index < -0.39 is 0 Å².